The van der Waals surface area contributed by atoms with Crippen molar-refractivity contribution in [2.24, 2.45) is 10.9 Å². The summed E-state index contributed by atoms with van der Waals surface area (Å²) in [5.41, 5.74) is 2.16. The maximum absolute atomic E-state index is 11.4. The smallest absolute Gasteiger partial charge is 0.269 e. The molecule has 6 heteroatoms. The van der Waals surface area contributed by atoms with Gasteiger partial charge < -0.3 is 9.64 Å². The monoisotopic (exact) mass is 433 g/mol. The van der Waals surface area contributed by atoms with Crippen molar-refractivity contribution < 1.29 is 9.53 Å². The summed E-state index contributed by atoms with van der Waals surface area (Å²) in [5.74, 6) is 0.717. The molecule has 5 nitrogen and oxygen atoms in total. The molecule has 160 valence electrons. The van der Waals surface area contributed by atoms with Gasteiger partial charge in [-0.05, 0) is 49.0 Å². The van der Waals surface area contributed by atoms with Crippen molar-refractivity contribution in [1.29, 1.82) is 0 Å². The van der Waals surface area contributed by atoms with Gasteiger partial charge in [-0.3, -0.25) is 9.69 Å². The molecule has 1 fully saturated rings. The van der Waals surface area contributed by atoms with Crippen molar-refractivity contribution in [1.82, 2.24) is 4.90 Å². The highest BCUT2D eigenvalue weighted by atomic mass is 32.1. The summed E-state index contributed by atoms with van der Waals surface area (Å²) < 4.78 is 7.27. The quantitative estimate of drug-likeness (QED) is 0.606. The van der Waals surface area contributed by atoms with Crippen LogP contribution in [0.15, 0.2) is 70.8 Å². The van der Waals surface area contributed by atoms with E-state index in [1.54, 1.807) is 0 Å². The molecule has 1 aromatic heterocycles. The lowest BCUT2D eigenvalue weighted by atomic mass is 9.95. The van der Waals surface area contributed by atoms with Crippen LogP contribution in [0.2, 0.25) is 0 Å². The summed E-state index contributed by atoms with van der Waals surface area (Å²) in [7, 11) is 0. The number of fused-ring (bicyclic) bond motifs is 2. The highest BCUT2D eigenvalue weighted by Gasteiger charge is 2.20. The van der Waals surface area contributed by atoms with Crippen LogP contribution < -0.4 is 4.90 Å². The second kappa shape index (κ2) is 9.20. The minimum absolute atomic E-state index is 0.107. The number of ether oxygens (including phenoxy) is 1. The fourth-order valence-electron chi connectivity index (χ4n) is 4.39. The van der Waals surface area contributed by atoms with E-state index in [-0.39, 0.29) is 11.8 Å². The number of carbonyl (C=O) groups is 1. The van der Waals surface area contributed by atoms with Gasteiger partial charge in [-0.2, -0.15) is 0 Å². The molecule has 31 heavy (non-hydrogen) atoms. The number of unbranched alkanes of at least 4 members (excludes halogenated alkanes) is 1. The van der Waals surface area contributed by atoms with Gasteiger partial charge in [-0.15, -0.1) is 11.3 Å². The zero-order valence-electron chi connectivity index (χ0n) is 17.6. The van der Waals surface area contributed by atoms with Crippen LogP contribution in [0.5, 0.6) is 0 Å². The second-order valence-electron chi connectivity index (χ2n) is 8.16. The molecular formula is C25H27N3O2S. The molecule has 1 amide bonds. The number of rotatable bonds is 7. The van der Waals surface area contributed by atoms with Crippen LogP contribution in [-0.2, 0) is 9.53 Å². The van der Waals surface area contributed by atoms with Gasteiger partial charge in [0.2, 0.25) is 0 Å². The van der Waals surface area contributed by atoms with E-state index in [1.807, 2.05) is 35.6 Å². The number of nitrogens with zero attached hydrogens (tertiary/aromatic N) is 3. The van der Waals surface area contributed by atoms with E-state index in [0.29, 0.717) is 6.61 Å². The first-order valence-electron chi connectivity index (χ1n) is 11.0. The lowest BCUT2D eigenvalue weighted by Gasteiger charge is -2.36. The Labute approximate surface area is 187 Å². The maximum Gasteiger partial charge on any atom is 0.269 e. The van der Waals surface area contributed by atoms with Gasteiger partial charge in [0.1, 0.15) is 5.76 Å². The minimum atomic E-state index is -0.191. The van der Waals surface area contributed by atoms with E-state index in [4.69, 9.17) is 4.74 Å². The van der Waals surface area contributed by atoms with Crippen molar-refractivity contribution in [2.45, 2.75) is 12.8 Å². The molecule has 3 heterocycles. The Bertz CT molecular complexity index is 1070. The number of carbonyl (C=O) groups excluding carboxylic acids is 1. The first kappa shape index (κ1) is 20.2. The molecule has 2 aliphatic heterocycles. The van der Waals surface area contributed by atoms with Crippen molar-refractivity contribution in [2.75, 3.05) is 44.2 Å². The van der Waals surface area contributed by atoms with Crippen molar-refractivity contribution >= 4 is 38.7 Å². The second-order valence-corrected chi connectivity index (χ2v) is 9.11. The number of thiophene rings is 1. The van der Waals surface area contributed by atoms with E-state index in [9.17, 15) is 4.79 Å². The van der Waals surface area contributed by atoms with Gasteiger partial charge >= 0.3 is 0 Å². The number of piperazine rings is 1. The normalized spacial score (nSPS) is 21.2. The molecule has 1 unspecified atom stereocenters. The number of anilines is 1. The van der Waals surface area contributed by atoms with Crippen LogP contribution in [-0.4, -0.2) is 55.8 Å². The number of amides is 1. The lowest BCUT2D eigenvalue weighted by Crippen LogP contribution is -2.46. The molecule has 0 radical (unpaired) electrons. The summed E-state index contributed by atoms with van der Waals surface area (Å²) in [6, 6.07) is 8.88. The number of aliphatic imine (C=N–C) groups is 1. The molecule has 0 bridgehead atoms. The topological polar surface area (TPSA) is 45.1 Å². The van der Waals surface area contributed by atoms with Crippen molar-refractivity contribution in [3.63, 3.8) is 0 Å². The summed E-state index contributed by atoms with van der Waals surface area (Å²) in [6.45, 7) is 6.19. The van der Waals surface area contributed by atoms with Gasteiger partial charge in [0.25, 0.3) is 5.91 Å². The van der Waals surface area contributed by atoms with Crippen LogP contribution >= 0.6 is 11.3 Å². The molecular weight excluding hydrogens is 406 g/mol. The predicted molar refractivity (Wildman–Crippen MR) is 128 cm³/mol. The van der Waals surface area contributed by atoms with Crippen molar-refractivity contribution in [3.05, 3.63) is 65.8 Å². The Kier molecular flexibility index (Phi) is 6.00. The molecule has 1 aliphatic carbocycles. The van der Waals surface area contributed by atoms with Crippen LogP contribution in [0.3, 0.4) is 0 Å². The maximum atomic E-state index is 11.4. The molecule has 2 aromatic rings. The zero-order valence-corrected chi connectivity index (χ0v) is 18.4. The molecule has 1 aromatic carbocycles. The van der Waals surface area contributed by atoms with Crippen molar-refractivity contribution in [3.8, 4) is 0 Å². The molecule has 1 saturated heterocycles. The molecule has 5 rings (SSSR count). The average Bonchev–Trinajstić information content (AvgIpc) is 3.28. The minimum Gasteiger partial charge on any atom is -0.494 e. The van der Waals surface area contributed by atoms with Gasteiger partial charge in [0.15, 0.2) is 0 Å². The standard InChI is InChI=1S/C25H27N3O2S/c29-25-9-7-19-6-8-20(18-22(19)26-25)30-16-2-1-11-27-12-14-28(15-13-27)23-4-3-5-24-21(23)10-17-31-24/h3-10,17-19H,1-2,11-16H2. The molecule has 0 N–H and O–H groups in total. The highest BCUT2D eigenvalue weighted by Crippen LogP contribution is 2.31. The van der Waals surface area contributed by atoms with E-state index in [2.05, 4.69) is 44.4 Å². The van der Waals surface area contributed by atoms with E-state index < -0.39 is 0 Å². The third kappa shape index (κ3) is 4.65. The van der Waals surface area contributed by atoms with Crippen LogP contribution in [0.1, 0.15) is 12.8 Å². The Morgan fingerprint density at radius 2 is 1.94 bits per heavy atom. The number of benzene rings is 1. The van der Waals surface area contributed by atoms with Crippen LogP contribution in [0, 0.1) is 5.92 Å². The summed E-state index contributed by atoms with van der Waals surface area (Å²) in [6.07, 6.45) is 11.5. The summed E-state index contributed by atoms with van der Waals surface area (Å²) in [5, 5.41) is 3.57. The number of hydrogen-bond donors (Lipinski definition) is 0. The van der Waals surface area contributed by atoms with Gasteiger partial charge in [0.05, 0.1) is 12.3 Å². The number of dihydropyridines is 1. The fourth-order valence-corrected chi connectivity index (χ4v) is 5.20. The first-order valence-corrected chi connectivity index (χ1v) is 11.9. The zero-order chi connectivity index (χ0) is 21.0. The third-order valence-electron chi connectivity index (χ3n) is 6.11. The summed E-state index contributed by atoms with van der Waals surface area (Å²) in [4.78, 5) is 20.6. The summed E-state index contributed by atoms with van der Waals surface area (Å²) >= 11 is 1.82. The van der Waals surface area contributed by atoms with Gasteiger partial charge in [-0.25, -0.2) is 4.99 Å². The largest absolute Gasteiger partial charge is 0.494 e. The van der Waals surface area contributed by atoms with E-state index >= 15 is 0 Å². The van der Waals surface area contributed by atoms with Gasteiger partial charge in [0, 0.05) is 60.0 Å². The predicted octanol–water partition coefficient (Wildman–Crippen LogP) is 4.43. The molecule has 0 spiro atoms. The molecule has 0 saturated carbocycles. The Morgan fingerprint density at radius 1 is 1.06 bits per heavy atom. The van der Waals surface area contributed by atoms with E-state index in [1.165, 1.54) is 21.8 Å². The SMILES string of the molecule is O=C1C=CC2C=CC(OCCCCN3CCN(c4cccc5sccc45)CC3)=CC2=N1. The average molecular weight is 434 g/mol. The fraction of sp³-hybridized carbons (Fsp3) is 0.360. The Morgan fingerprint density at radius 3 is 2.84 bits per heavy atom. The van der Waals surface area contributed by atoms with Crippen LogP contribution in [0.25, 0.3) is 10.1 Å². The third-order valence-corrected chi connectivity index (χ3v) is 6.99. The van der Waals surface area contributed by atoms with Crippen LogP contribution in [0.4, 0.5) is 5.69 Å². The number of allylic oxidation sites excluding steroid dienone is 4. The Hall–Kier alpha value is -2.70. The van der Waals surface area contributed by atoms with E-state index in [0.717, 1.165) is 57.0 Å². The lowest BCUT2D eigenvalue weighted by molar-refractivity contribution is -0.113. The number of hydrogen-bond acceptors (Lipinski definition) is 5. The highest BCUT2D eigenvalue weighted by molar-refractivity contribution is 7.17. The Balaban J connectivity index is 1.03. The molecule has 3 aliphatic rings. The molecule has 1 atom stereocenters. The first-order chi connectivity index (χ1) is 15.3. The van der Waals surface area contributed by atoms with Gasteiger partial charge in [-0.1, -0.05) is 18.2 Å².